The number of nitrogens with one attached hydrogen (secondary N) is 1. The maximum Gasteiger partial charge on any atom is 0.418 e. The maximum atomic E-state index is 13.8. The fourth-order valence-corrected chi connectivity index (χ4v) is 3.33. The molecular weight excluding hydrogens is 437 g/mol. The van der Waals surface area contributed by atoms with Gasteiger partial charge in [-0.15, -0.1) is 0 Å². The van der Waals surface area contributed by atoms with Crippen LogP contribution in [0.25, 0.3) is 0 Å². The molecule has 2 aromatic rings. The number of hydrogen-bond acceptors (Lipinski definition) is 5. The molecule has 0 atom stereocenters. The van der Waals surface area contributed by atoms with Gasteiger partial charge in [-0.3, -0.25) is 9.59 Å². The highest BCUT2D eigenvalue weighted by molar-refractivity contribution is 6.05. The summed E-state index contributed by atoms with van der Waals surface area (Å²) in [4.78, 5) is 29.7. The third-order valence-electron chi connectivity index (χ3n) is 5.38. The highest BCUT2D eigenvalue weighted by atomic mass is 19.4. The number of halogens is 3. The molecular formula is C23H27F3N4O3. The number of ether oxygens (including phenoxy) is 1. The van der Waals surface area contributed by atoms with Crippen LogP contribution in [0.15, 0.2) is 42.5 Å². The Kier molecular flexibility index (Phi) is 7.47. The van der Waals surface area contributed by atoms with Gasteiger partial charge in [-0.1, -0.05) is 6.07 Å². The molecule has 2 amide bonds. The zero-order chi connectivity index (χ0) is 24.2. The molecule has 10 heteroatoms. The molecule has 0 unspecified atom stereocenters. The lowest BCUT2D eigenvalue weighted by Crippen LogP contribution is -2.44. The monoisotopic (exact) mass is 464 g/mol. The maximum absolute atomic E-state index is 13.8. The predicted molar refractivity (Wildman–Crippen MR) is 120 cm³/mol. The Balaban J connectivity index is 1.77. The van der Waals surface area contributed by atoms with E-state index in [4.69, 9.17) is 4.74 Å². The molecule has 1 aliphatic rings. The number of benzene rings is 2. The third-order valence-corrected chi connectivity index (χ3v) is 5.38. The molecule has 33 heavy (non-hydrogen) atoms. The Morgan fingerprint density at radius 3 is 2.39 bits per heavy atom. The van der Waals surface area contributed by atoms with E-state index in [2.05, 4.69) is 10.2 Å². The summed E-state index contributed by atoms with van der Waals surface area (Å²) in [6.45, 7) is 2.56. The van der Waals surface area contributed by atoms with Gasteiger partial charge in [-0.25, -0.2) is 0 Å². The van der Waals surface area contributed by atoms with Crippen LogP contribution in [0.2, 0.25) is 0 Å². The Hall–Kier alpha value is -3.27. The van der Waals surface area contributed by atoms with Crippen LogP contribution in [-0.4, -0.2) is 75.5 Å². The average Bonchev–Trinajstić information content (AvgIpc) is 2.77. The number of carbonyl (C=O) groups is 2. The number of anilines is 2. The molecule has 0 aromatic heterocycles. The predicted octanol–water partition coefficient (Wildman–Crippen LogP) is 3.18. The lowest BCUT2D eigenvalue weighted by molar-refractivity contribution is -0.137. The first-order chi connectivity index (χ1) is 15.5. The second-order valence-corrected chi connectivity index (χ2v) is 8.08. The smallest absolute Gasteiger partial charge is 0.418 e. The summed E-state index contributed by atoms with van der Waals surface area (Å²) in [5.41, 5.74) is -0.647. The summed E-state index contributed by atoms with van der Waals surface area (Å²) in [7, 11) is 5.14. The van der Waals surface area contributed by atoms with Crippen molar-refractivity contribution in [3.8, 4) is 5.75 Å². The van der Waals surface area contributed by atoms with Crippen LogP contribution in [0.5, 0.6) is 5.75 Å². The molecule has 1 fully saturated rings. The third kappa shape index (κ3) is 6.38. The summed E-state index contributed by atoms with van der Waals surface area (Å²) in [5, 5.41) is 2.36. The van der Waals surface area contributed by atoms with E-state index in [0.29, 0.717) is 18.8 Å². The highest BCUT2D eigenvalue weighted by Crippen LogP contribution is 2.37. The minimum absolute atomic E-state index is 0.112. The van der Waals surface area contributed by atoms with Crippen molar-refractivity contribution in [2.45, 2.75) is 6.18 Å². The zero-order valence-corrected chi connectivity index (χ0v) is 18.8. The molecule has 3 rings (SSSR count). The number of amides is 2. The topological polar surface area (TPSA) is 65.1 Å². The molecule has 0 saturated carbocycles. The normalized spacial score (nSPS) is 14.7. The van der Waals surface area contributed by atoms with Gasteiger partial charge < -0.3 is 24.8 Å². The van der Waals surface area contributed by atoms with Crippen LogP contribution in [0.3, 0.4) is 0 Å². The van der Waals surface area contributed by atoms with Crippen LogP contribution in [0, 0.1) is 0 Å². The Morgan fingerprint density at radius 2 is 1.76 bits per heavy atom. The van der Waals surface area contributed by atoms with Crippen molar-refractivity contribution in [1.29, 1.82) is 0 Å². The molecule has 1 saturated heterocycles. The number of piperazine rings is 1. The zero-order valence-electron chi connectivity index (χ0n) is 18.8. The van der Waals surface area contributed by atoms with Gasteiger partial charge in [0.2, 0.25) is 0 Å². The van der Waals surface area contributed by atoms with Crippen LogP contribution in [0.1, 0.15) is 15.9 Å². The average molecular weight is 464 g/mol. The molecule has 0 radical (unpaired) electrons. The second-order valence-electron chi connectivity index (χ2n) is 8.08. The van der Waals surface area contributed by atoms with Crippen molar-refractivity contribution in [3.63, 3.8) is 0 Å². The number of likely N-dealkylation sites (N-methyl/N-ethyl adjacent to an activating group) is 2. The van der Waals surface area contributed by atoms with Crippen molar-refractivity contribution in [3.05, 3.63) is 53.6 Å². The lowest BCUT2D eigenvalue weighted by atomic mass is 10.1. The van der Waals surface area contributed by atoms with E-state index < -0.39 is 17.6 Å². The van der Waals surface area contributed by atoms with Crippen molar-refractivity contribution in [1.82, 2.24) is 9.80 Å². The molecule has 1 heterocycles. The molecule has 0 aliphatic carbocycles. The SMILES string of the molecule is CN1CCN(c2ccc(NC(=O)c3cccc(OCC(=O)N(C)C)c3)c(C(F)(F)F)c2)CC1. The first kappa shape index (κ1) is 24.4. The summed E-state index contributed by atoms with van der Waals surface area (Å²) in [5.74, 6) is -0.711. The Labute approximate surface area is 190 Å². The van der Waals surface area contributed by atoms with Gasteiger partial charge in [0.25, 0.3) is 11.8 Å². The standard InChI is InChI=1S/C23H27F3N4O3/c1-28(2)21(31)15-33-18-6-4-5-16(13-18)22(32)27-20-8-7-17(14-19(20)23(24,25)26)30-11-9-29(3)10-12-30/h4-8,13-14H,9-12,15H2,1-3H3,(H,27,32). The van der Waals surface area contributed by atoms with E-state index in [9.17, 15) is 22.8 Å². The van der Waals surface area contributed by atoms with E-state index in [-0.39, 0.29) is 29.5 Å². The van der Waals surface area contributed by atoms with E-state index in [1.807, 2.05) is 11.9 Å². The van der Waals surface area contributed by atoms with Crippen LogP contribution < -0.4 is 15.0 Å². The van der Waals surface area contributed by atoms with Gasteiger partial charge in [0, 0.05) is 51.5 Å². The molecule has 178 valence electrons. The Bertz CT molecular complexity index is 1000. The van der Waals surface area contributed by atoms with E-state index >= 15 is 0 Å². The first-order valence-corrected chi connectivity index (χ1v) is 10.4. The Morgan fingerprint density at radius 1 is 1.06 bits per heavy atom. The van der Waals surface area contributed by atoms with E-state index in [1.165, 1.54) is 29.2 Å². The van der Waals surface area contributed by atoms with Crippen LogP contribution in [-0.2, 0) is 11.0 Å². The number of nitrogens with zero attached hydrogens (tertiary/aromatic N) is 3. The quantitative estimate of drug-likeness (QED) is 0.712. The van der Waals surface area contributed by atoms with Gasteiger partial charge >= 0.3 is 6.18 Å². The molecule has 0 bridgehead atoms. The van der Waals surface area contributed by atoms with Gasteiger partial charge in [0.15, 0.2) is 6.61 Å². The van der Waals surface area contributed by atoms with E-state index in [1.54, 1.807) is 26.2 Å². The molecule has 1 N–H and O–H groups in total. The lowest BCUT2D eigenvalue weighted by Gasteiger charge is -2.34. The van der Waals surface area contributed by atoms with Crippen LogP contribution >= 0.6 is 0 Å². The number of alkyl halides is 3. The van der Waals surface area contributed by atoms with Crippen LogP contribution in [0.4, 0.5) is 24.5 Å². The number of hydrogen-bond donors (Lipinski definition) is 1. The minimum Gasteiger partial charge on any atom is -0.484 e. The minimum atomic E-state index is -4.64. The molecule has 2 aromatic carbocycles. The number of carbonyl (C=O) groups excluding carboxylic acids is 2. The summed E-state index contributed by atoms with van der Waals surface area (Å²) in [6.07, 6.45) is -4.64. The van der Waals surface area contributed by atoms with E-state index in [0.717, 1.165) is 19.2 Å². The van der Waals surface area contributed by atoms with Gasteiger partial charge in [-0.2, -0.15) is 13.2 Å². The van der Waals surface area contributed by atoms with Gasteiger partial charge in [0.05, 0.1) is 11.3 Å². The second kappa shape index (κ2) is 10.1. The summed E-state index contributed by atoms with van der Waals surface area (Å²) < 4.78 is 46.7. The first-order valence-electron chi connectivity index (χ1n) is 10.4. The van der Waals surface area contributed by atoms with Gasteiger partial charge in [-0.05, 0) is 43.4 Å². The van der Waals surface area contributed by atoms with Crippen molar-refractivity contribution in [2.75, 3.05) is 64.1 Å². The van der Waals surface area contributed by atoms with Gasteiger partial charge in [0.1, 0.15) is 5.75 Å². The fraction of sp³-hybridized carbons (Fsp3) is 0.391. The summed E-state index contributed by atoms with van der Waals surface area (Å²) in [6, 6.07) is 9.88. The largest absolute Gasteiger partial charge is 0.484 e. The molecule has 1 aliphatic heterocycles. The van der Waals surface area contributed by atoms with Crippen molar-refractivity contribution < 1.29 is 27.5 Å². The summed E-state index contributed by atoms with van der Waals surface area (Å²) >= 11 is 0. The van der Waals surface area contributed by atoms with Crippen molar-refractivity contribution >= 4 is 23.2 Å². The molecule has 7 nitrogen and oxygen atoms in total. The number of rotatable bonds is 6. The highest BCUT2D eigenvalue weighted by Gasteiger charge is 2.35. The molecule has 0 spiro atoms. The van der Waals surface area contributed by atoms with Crippen molar-refractivity contribution in [2.24, 2.45) is 0 Å². The fourth-order valence-electron chi connectivity index (χ4n) is 3.33.